The summed E-state index contributed by atoms with van der Waals surface area (Å²) in [4.78, 5) is 2.65. The number of hydrazine groups is 1. The Morgan fingerprint density at radius 1 is 1.06 bits per heavy atom. The van der Waals surface area contributed by atoms with Crippen LogP contribution in [0.1, 0.15) is 24.8 Å². The molecule has 1 N–H and O–H groups in total. The quantitative estimate of drug-likeness (QED) is 0.922. The molecule has 2 rings (SSSR count). The topological polar surface area (TPSA) is 49.4 Å². The van der Waals surface area contributed by atoms with Gasteiger partial charge in [0.05, 0.1) is 5.75 Å². The van der Waals surface area contributed by atoms with Crippen LogP contribution in [0.25, 0.3) is 0 Å². The fourth-order valence-corrected chi connectivity index (χ4v) is 3.28. The number of nitrogens with zero attached hydrogens (tertiary/aromatic N) is 1. The number of nitrogens with one attached hydrogen (secondary N) is 1. The second kappa shape index (κ2) is 7.09. The number of rotatable bonds is 4. The first kappa shape index (κ1) is 15.4. The molecule has 1 heterocycles. The molecule has 0 bridgehead atoms. The average molecular weight is 291 g/mol. The van der Waals surface area contributed by atoms with Gasteiger partial charge in [0.2, 0.25) is 10.0 Å². The number of halogens is 1. The number of piperidine rings is 1. The molecule has 4 nitrogen and oxygen atoms in total. The molecule has 1 aliphatic rings. The van der Waals surface area contributed by atoms with E-state index >= 15 is 0 Å². The molecular formula is C12H19ClN2O2S. The van der Waals surface area contributed by atoms with Crippen LogP contribution in [0.2, 0.25) is 0 Å². The van der Waals surface area contributed by atoms with Crippen molar-refractivity contribution in [2.45, 2.75) is 25.0 Å². The van der Waals surface area contributed by atoms with E-state index in [1.165, 1.54) is 6.42 Å². The molecule has 1 aliphatic heterocycles. The number of benzene rings is 1. The first-order chi connectivity index (χ1) is 8.16. The van der Waals surface area contributed by atoms with Crippen LogP contribution >= 0.6 is 12.4 Å². The van der Waals surface area contributed by atoms with Crippen LogP contribution in [-0.4, -0.2) is 26.5 Å². The normalized spacial score (nSPS) is 17.1. The lowest BCUT2D eigenvalue weighted by Gasteiger charge is -2.26. The van der Waals surface area contributed by atoms with Gasteiger partial charge >= 0.3 is 0 Å². The van der Waals surface area contributed by atoms with Crippen LogP contribution in [0.4, 0.5) is 0 Å². The van der Waals surface area contributed by atoms with Crippen molar-refractivity contribution < 1.29 is 8.42 Å². The van der Waals surface area contributed by atoms with Crippen LogP contribution in [0.5, 0.6) is 0 Å². The molecule has 0 saturated carbocycles. The van der Waals surface area contributed by atoms with Crippen molar-refractivity contribution in [2.75, 3.05) is 13.1 Å². The molecule has 0 aromatic heterocycles. The van der Waals surface area contributed by atoms with Crippen LogP contribution in [-0.2, 0) is 15.8 Å². The minimum atomic E-state index is -3.26. The van der Waals surface area contributed by atoms with E-state index in [2.05, 4.69) is 4.83 Å². The highest BCUT2D eigenvalue weighted by Crippen LogP contribution is 2.09. The van der Waals surface area contributed by atoms with E-state index in [0.29, 0.717) is 0 Å². The number of hydrogen-bond donors (Lipinski definition) is 1. The molecule has 1 saturated heterocycles. The second-order valence-corrected chi connectivity index (χ2v) is 6.08. The summed E-state index contributed by atoms with van der Waals surface area (Å²) in [6.07, 6.45) is 3.32. The van der Waals surface area contributed by atoms with Crippen molar-refractivity contribution in [1.29, 1.82) is 0 Å². The lowest BCUT2D eigenvalue weighted by atomic mass is 10.2. The fourth-order valence-electron chi connectivity index (χ4n) is 2.01. The Morgan fingerprint density at radius 2 is 1.67 bits per heavy atom. The molecule has 0 amide bonds. The van der Waals surface area contributed by atoms with Crippen molar-refractivity contribution in [1.82, 2.24) is 9.84 Å². The Morgan fingerprint density at radius 3 is 2.28 bits per heavy atom. The van der Waals surface area contributed by atoms with Crippen LogP contribution in [0.15, 0.2) is 30.3 Å². The SMILES string of the molecule is Cl.O=S(=O)(Cc1ccccc1)NN1CCCCC1. The largest absolute Gasteiger partial charge is 0.231 e. The van der Waals surface area contributed by atoms with Gasteiger partial charge in [0.25, 0.3) is 0 Å². The predicted molar refractivity (Wildman–Crippen MR) is 74.9 cm³/mol. The van der Waals surface area contributed by atoms with Gasteiger partial charge in [-0.2, -0.15) is 0 Å². The standard InChI is InChI=1S/C12H18N2O2S.ClH/c15-17(16,11-12-7-3-1-4-8-12)13-14-9-5-2-6-10-14;/h1,3-4,7-8,13H,2,5-6,9-11H2;1H. The molecule has 6 heteroatoms. The summed E-state index contributed by atoms with van der Waals surface area (Å²) < 4.78 is 23.8. The molecule has 0 radical (unpaired) electrons. The van der Waals surface area contributed by atoms with E-state index in [9.17, 15) is 8.42 Å². The minimum absolute atomic E-state index is 0. The third-order valence-electron chi connectivity index (χ3n) is 2.82. The molecule has 0 atom stereocenters. The molecule has 18 heavy (non-hydrogen) atoms. The van der Waals surface area contributed by atoms with Gasteiger partial charge < -0.3 is 0 Å². The maximum absolute atomic E-state index is 11.9. The third-order valence-corrected chi connectivity index (χ3v) is 4.07. The molecule has 0 spiro atoms. The smallest absolute Gasteiger partial charge is 0.228 e. The molecular weight excluding hydrogens is 272 g/mol. The Labute approximate surface area is 115 Å². The molecule has 102 valence electrons. The van der Waals surface area contributed by atoms with Gasteiger partial charge in [0.1, 0.15) is 0 Å². The summed E-state index contributed by atoms with van der Waals surface area (Å²) in [5.74, 6) is 0.0460. The van der Waals surface area contributed by atoms with Crippen molar-refractivity contribution in [3.05, 3.63) is 35.9 Å². The van der Waals surface area contributed by atoms with E-state index in [-0.39, 0.29) is 18.2 Å². The van der Waals surface area contributed by atoms with Gasteiger partial charge in [-0.15, -0.1) is 17.2 Å². The Hall–Kier alpha value is -0.620. The summed E-state index contributed by atoms with van der Waals surface area (Å²) in [6, 6.07) is 9.25. The zero-order valence-corrected chi connectivity index (χ0v) is 11.8. The van der Waals surface area contributed by atoms with E-state index < -0.39 is 10.0 Å². The maximum atomic E-state index is 11.9. The van der Waals surface area contributed by atoms with E-state index in [4.69, 9.17) is 0 Å². The van der Waals surface area contributed by atoms with Crippen LogP contribution < -0.4 is 4.83 Å². The van der Waals surface area contributed by atoms with E-state index in [1.807, 2.05) is 35.3 Å². The molecule has 1 fully saturated rings. The van der Waals surface area contributed by atoms with Gasteiger partial charge in [-0.3, -0.25) is 0 Å². The molecule has 1 aromatic carbocycles. The van der Waals surface area contributed by atoms with E-state index in [0.717, 1.165) is 31.5 Å². The third kappa shape index (κ3) is 4.94. The summed E-state index contributed by atoms with van der Waals surface area (Å²) in [5, 5.41) is 1.81. The molecule has 0 aliphatic carbocycles. The zero-order chi connectivity index (χ0) is 12.1. The number of sulfonamides is 1. The van der Waals surface area contributed by atoms with Gasteiger partial charge in [0.15, 0.2) is 0 Å². The van der Waals surface area contributed by atoms with Crippen LogP contribution in [0, 0.1) is 0 Å². The summed E-state index contributed by atoms with van der Waals surface area (Å²) in [7, 11) is -3.26. The van der Waals surface area contributed by atoms with Gasteiger partial charge in [-0.25, -0.2) is 13.4 Å². The van der Waals surface area contributed by atoms with E-state index in [1.54, 1.807) is 0 Å². The first-order valence-corrected chi connectivity index (χ1v) is 7.60. The zero-order valence-electron chi connectivity index (χ0n) is 10.2. The highest BCUT2D eigenvalue weighted by molar-refractivity contribution is 7.88. The highest BCUT2D eigenvalue weighted by atomic mass is 35.5. The maximum Gasteiger partial charge on any atom is 0.228 e. The second-order valence-electron chi connectivity index (χ2n) is 4.38. The molecule has 0 unspecified atom stereocenters. The van der Waals surface area contributed by atoms with Gasteiger partial charge in [-0.05, 0) is 18.4 Å². The van der Waals surface area contributed by atoms with Crippen molar-refractivity contribution in [3.8, 4) is 0 Å². The van der Waals surface area contributed by atoms with Gasteiger partial charge in [0, 0.05) is 13.1 Å². The monoisotopic (exact) mass is 290 g/mol. The van der Waals surface area contributed by atoms with Gasteiger partial charge in [-0.1, -0.05) is 36.8 Å². The Bertz CT molecular complexity index is 444. The first-order valence-electron chi connectivity index (χ1n) is 5.95. The fraction of sp³-hybridized carbons (Fsp3) is 0.500. The predicted octanol–water partition coefficient (Wildman–Crippen LogP) is 1.93. The Kier molecular flexibility index (Phi) is 6.08. The average Bonchev–Trinajstić information content (AvgIpc) is 2.30. The Balaban J connectivity index is 0.00000162. The van der Waals surface area contributed by atoms with Crippen molar-refractivity contribution in [2.24, 2.45) is 0 Å². The minimum Gasteiger partial charge on any atom is -0.231 e. The number of hydrogen-bond acceptors (Lipinski definition) is 3. The van der Waals surface area contributed by atoms with Crippen LogP contribution in [0.3, 0.4) is 0 Å². The highest BCUT2D eigenvalue weighted by Gasteiger charge is 2.17. The summed E-state index contributed by atoms with van der Waals surface area (Å²) in [6.45, 7) is 1.63. The lowest BCUT2D eigenvalue weighted by molar-refractivity contribution is 0.200. The van der Waals surface area contributed by atoms with Crippen molar-refractivity contribution in [3.63, 3.8) is 0 Å². The summed E-state index contributed by atoms with van der Waals surface area (Å²) >= 11 is 0. The summed E-state index contributed by atoms with van der Waals surface area (Å²) in [5.41, 5.74) is 0.817. The van der Waals surface area contributed by atoms with Crippen molar-refractivity contribution >= 4 is 22.4 Å². The lowest BCUT2D eigenvalue weighted by Crippen LogP contribution is -2.45. The molecule has 1 aromatic rings.